The molecule has 0 saturated carbocycles. The number of nitrogens with one attached hydrogen (secondary N) is 2. The average Bonchev–Trinajstić information content (AvgIpc) is 2.94. The molecule has 22 heavy (non-hydrogen) atoms. The van der Waals surface area contributed by atoms with Crippen LogP contribution in [0.3, 0.4) is 0 Å². The summed E-state index contributed by atoms with van der Waals surface area (Å²) in [4.78, 5) is 4.37. The summed E-state index contributed by atoms with van der Waals surface area (Å²) in [6.07, 6.45) is 0. The molecule has 0 bridgehead atoms. The summed E-state index contributed by atoms with van der Waals surface area (Å²) < 4.78 is 28.1. The first-order valence-electron chi connectivity index (χ1n) is 7.56. The minimum Gasteiger partial charge on any atom is -0.359 e. The molecule has 2 N–H and O–H groups in total. The van der Waals surface area contributed by atoms with Crippen LogP contribution in [0.5, 0.6) is 0 Å². The molecule has 0 radical (unpaired) electrons. The summed E-state index contributed by atoms with van der Waals surface area (Å²) in [5.74, 6) is 1.80. The minimum absolute atomic E-state index is 0.0910. The van der Waals surface area contributed by atoms with Crippen molar-refractivity contribution in [2.24, 2.45) is 4.99 Å². The van der Waals surface area contributed by atoms with Gasteiger partial charge in [0.15, 0.2) is 21.6 Å². The normalized spacial score (nSPS) is 12.7. The molecule has 0 aliphatic carbocycles. The molecule has 0 aromatic carbocycles. The van der Waals surface area contributed by atoms with Gasteiger partial charge in [0.1, 0.15) is 6.54 Å². The van der Waals surface area contributed by atoms with Gasteiger partial charge >= 0.3 is 0 Å². The van der Waals surface area contributed by atoms with E-state index < -0.39 is 9.84 Å². The van der Waals surface area contributed by atoms with E-state index in [0.29, 0.717) is 37.3 Å². The van der Waals surface area contributed by atoms with Crippen LogP contribution in [0, 0.1) is 0 Å². The van der Waals surface area contributed by atoms with Crippen molar-refractivity contribution in [3.63, 3.8) is 0 Å². The molecule has 126 valence electrons. The first kappa shape index (κ1) is 18.5. The van der Waals surface area contributed by atoms with Crippen molar-refractivity contribution in [1.82, 2.24) is 15.8 Å². The quantitative estimate of drug-likeness (QED) is 0.551. The number of aliphatic imine (C=N–C) groups is 1. The monoisotopic (exact) mass is 330 g/mol. The molecular weight excluding hydrogens is 304 g/mol. The van der Waals surface area contributed by atoms with Gasteiger partial charge < -0.3 is 15.2 Å². The van der Waals surface area contributed by atoms with Crippen LogP contribution in [0.15, 0.2) is 15.6 Å². The molecule has 0 aliphatic heterocycles. The number of hydrogen-bond donors (Lipinski definition) is 2. The lowest BCUT2D eigenvalue weighted by Gasteiger charge is -2.10. The van der Waals surface area contributed by atoms with Crippen molar-refractivity contribution < 1.29 is 12.9 Å². The van der Waals surface area contributed by atoms with Crippen LogP contribution in [0.2, 0.25) is 0 Å². The zero-order valence-electron chi connectivity index (χ0n) is 13.7. The van der Waals surface area contributed by atoms with Crippen LogP contribution >= 0.6 is 0 Å². The van der Waals surface area contributed by atoms with E-state index >= 15 is 0 Å². The zero-order chi connectivity index (χ0) is 16.6. The summed E-state index contributed by atoms with van der Waals surface area (Å²) >= 11 is 0. The predicted molar refractivity (Wildman–Crippen MR) is 87.7 cm³/mol. The maximum atomic E-state index is 11.5. The van der Waals surface area contributed by atoms with Gasteiger partial charge in [-0.15, -0.1) is 0 Å². The van der Waals surface area contributed by atoms with E-state index in [-0.39, 0.29) is 11.5 Å². The summed E-state index contributed by atoms with van der Waals surface area (Å²) in [7, 11) is -2.98. The number of rotatable bonds is 8. The van der Waals surface area contributed by atoms with E-state index in [9.17, 15) is 8.42 Å². The lowest BCUT2D eigenvalue weighted by Crippen LogP contribution is -2.39. The van der Waals surface area contributed by atoms with Crippen LogP contribution in [-0.4, -0.2) is 44.1 Å². The third-order valence-electron chi connectivity index (χ3n) is 3.05. The van der Waals surface area contributed by atoms with Gasteiger partial charge in [0.25, 0.3) is 0 Å². The second-order valence-corrected chi connectivity index (χ2v) is 7.70. The third-order valence-corrected chi connectivity index (χ3v) is 4.76. The standard InChI is InChI=1S/C14H26N4O3S/c1-5-15-14(16-7-8-22(19,20)6-2)17-10-12-9-13(11(3)4)18-21-12/h9,11H,5-8,10H2,1-4H3,(H2,15,16,17). The van der Waals surface area contributed by atoms with Crippen molar-refractivity contribution in [2.45, 2.75) is 40.2 Å². The Morgan fingerprint density at radius 3 is 2.64 bits per heavy atom. The van der Waals surface area contributed by atoms with Crippen molar-refractivity contribution in [1.29, 1.82) is 0 Å². The van der Waals surface area contributed by atoms with E-state index in [1.807, 2.05) is 26.8 Å². The highest BCUT2D eigenvalue weighted by atomic mass is 32.2. The molecular formula is C14H26N4O3S. The Hall–Kier alpha value is -1.57. The smallest absolute Gasteiger partial charge is 0.191 e. The van der Waals surface area contributed by atoms with Crippen LogP contribution in [0.1, 0.15) is 45.1 Å². The Kier molecular flexibility index (Phi) is 7.37. The van der Waals surface area contributed by atoms with E-state index in [0.717, 1.165) is 5.69 Å². The lowest BCUT2D eigenvalue weighted by atomic mass is 10.1. The first-order valence-corrected chi connectivity index (χ1v) is 9.38. The number of hydrogen-bond acceptors (Lipinski definition) is 5. The minimum atomic E-state index is -2.98. The van der Waals surface area contributed by atoms with Gasteiger partial charge in [0, 0.05) is 24.9 Å². The Labute approximate surface area is 132 Å². The maximum Gasteiger partial charge on any atom is 0.191 e. The number of sulfone groups is 1. The Balaban J connectivity index is 2.57. The maximum absolute atomic E-state index is 11.5. The third kappa shape index (κ3) is 6.46. The molecule has 1 rings (SSSR count). The fourth-order valence-electron chi connectivity index (χ4n) is 1.64. The number of nitrogens with zero attached hydrogens (tertiary/aromatic N) is 2. The van der Waals surface area contributed by atoms with Gasteiger partial charge in [-0.25, -0.2) is 13.4 Å². The molecule has 0 unspecified atom stereocenters. The Morgan fingerprint density at radius 2 is 2.09 bits per heavy atom. The zero-order valence-corrected chi connectivity index (χ0v) is 14.5. The van der Waals surface area contributed by atoms with Crippen LogP contribution in [0.4, 0.5) is 0 Å². The molecule has 8 heteroatoms. The van der Waals surface area contributed by atoms with Gasteiger partial charge in [0.2, 0.25) is 0 Å². The van der Waals surface area contributed by atoms with E-state index in [1.54, 1.807) is 6.92 Å². The fraction of sp³-hybridized carbons (Fsp3) is 0.714. The highest BCUT2D eigenvalue weighted by Gasteiger charge is 2.09. The summed E-state index contributed by atoms with van der Waals surface area (Å²) in [6, 6.07) is 1.89. The first-order chi connectivity index (χ1) is 10.4. The van der Waals surface area contributed by atoms with E-state index in [2.05, 4.69) is 20.8 Å². The molecule has 1 aromatic rings. The topological polar surface area (TPSA) is 96.6 Å². The number of guanidine groups is 1. The predicted octanol–water partition coefficient (Wildman–Crippen LogP) is 1.29. The molecule has 0 amide bonds. The summed E-state index contributed by atoms with van der Waals surface area (Å²) in [5, 5.41) is 10.1. The molecule has 1 aromatic heterocycles. The molecule has 0 saturated heterocycles. The Morgan fingerprint density at radius 1 is 1.36 bits per heavy atom. The highest BCUT2D eigenvalue weighted by molar-refractivity contribution is 7.91. The van der Waals surface area contributed by atoms with Gasteiger partial charge in [-0.1, -0.05) is 25.9 Å². The lowest BCUT2D eigenvalue weighted by molar-refractivity contribution is 0.376. The summed E-state index contributed by atoms with van der Waals surface area (Å²) in [5.41, 5.74) is 0.900. The largest absolute Gasteiger partial charge is 0.359 e. The number of aromatic nitrogens is 1. The SMILES string of the molecule is CCNC(=NCc1cc(C(C)C)no1)NCCS(=O)(=O)CC. The van der Waals surface area contributed by atoms with Crippen molar-refractivity contribution in [3.8, 4) is 0 Å². The van der Waals surface area contributed by atoms with Gasteiger partial charge in [-0.3, -0.25) is 0 Å². The summed E-state index contributed by atoms with van der Waals surface area (Å²) in [6.45, 7) is 9.07. The molecule has 0 atom stereocenters. The molecule has 0 aliphatic rings. The fourth-order valence-corrected chi connectivity index (χ4v) is 2.35. The second-order valence-electron chi connectivity index (χ2n) is 5.23. The molecule has 0 fully saturated rings. The van der Waals surface area contributed by atoms with Gasteiger partial charge in [-0.05, 0) is 12.8 Å². The van der Waals surface area contributed by atoms with Crippen molar-refractivity contribution >= 4 is 15.8 Å². The van der Waals surface area contributed by atoms with Crippen LogP contribution < -0.4 is 10.6 Å². The highest BCUT2D eigenvalue weighted by Crippen LogP contribution is 2.14. The van der Waals surface area contributed by atoms with E-state index in [1.165, 1.54) is 0 Å². The Bertz CT molecular complexity index is 579. The van der Waals surface area contributed by atoms with Crippen molar-refractivity contribution in [2.75, 3.05) is 24.6 Å². The van der Waals surface area contributed by atoms with Gasteiger partial charge in [0.05, 0.1) is 11.4 Å². The molecule has 1 heterocycles. The van der Waals surface area contributed by atoms with E-state index in [4.69, 9.17) is 4.52 Å². The van der Waals surface area contributed by atoms with Gasteiger partial charge in [-0.2, -0.15) is 0 Å². The van der Waals surface area contributed by atoms with Crippen molar-refractivity contribution in [3.05, 3.63) is 17.5 Å². The molecule has 0 spiro atoms. The van der Waals surface area contributed by atoms with Crippen LogP contribution in [0.25, 0.3) is 0 Å². The molecule has 7 nitrogen and oxygen atoms in total. The average molecular weight is 330 g/mol. The second kappa shape index (κ2) is 8.77. The van der Waals surface area contributed by atoms with Crippen LogP contribution in [-0.2, 0) is 16.4 Å².